The van der Waals surface area contributed by atoms with Crippen LogP contribution in [0.1, 0.15) is 24.8 Å². The lowest BCUT2D eigenvalue weighted by molar-refractivity contribution is -0.204. The van der Waals surface area contributed by atoms with E-state index in [9.17, 15) is 8.78 Å². The van der Waals surface area contributed by atoms with Crippen LogP contribution in [0.3, 0.4) is 0 Å². The molecule has 0 spiro atoms. The van der Waals surface area contributed by atoms with E-state index in [1.54, 1.807) is 37.7 Å². The zero-order valence-electron chi connectivity index (χ0n) is 20.8. The van der Waals surface area contributed by atoms with Crippen LogP contribution in [0.4, 0.5) is 31.9 Å². The predicted octanol–water partition coefficient (Wildman–Crippen LogP) is 5.90. The molecular formula is C27H28F2N6O2. The van der Waals surface area contributed by atoms with E-state index in [0.717, 1.165) is 24.3 Å². The normalized spacial score (nSPS) is 19.2. The van der Waals surface area contributed by atoms with Crippen LogP contribution in [0.15, 0.2) is 67.0 Å². The molecule has 192 valence electrons. The molecule has 0 atom stereocenters. The quantitative estimate of drug-likeness (QED) is 0.272. The minimum atomic E-state index is -2.53. The van der Waals surface area contributed by atoms with Gasteiger partial charge in [0.05, 0.1) is 17.4 Å². The van der Waals surface area contributed by atoms with E-state index in [2.05, 4.69) is 30.5 Å². The third-order valence-corrected chi connectivity index (χ3v) is 6.59. The Labute approximate surface area is 213 Å². The number of anilines is 4. The van der Waals surface area contributed by atoms with Crippen molar-refractivity contribution >= 4 is 34.0 Å². The number of ether oxygens (including phenoxy) is 2. The number of fused-ring (bicyclic) bond motifs is 1. The van der Waals surface area contributed by atoms with Gasteiger partial charge < -0.3 is 20.1 Å². The highest BCUT2D eigenvalue weighted by Crippen LogP contribution is 2.39. The molecule has 0 bridgehead atoms. The van der Waals surface area contributed by atoms with Gasteiger partial charge in [0.2, 0.25) is 5.95 Å². The van der Waals surface area contributed by atoms with E-state index in [0.29, 0.717) is 28.4 Å². The van der Waals surface area contributed by atoms with E-state index in [1.165, 1.54) is 12.1 Å². The number of pyridine rings is 1. The average molecular weight is 507 g/mol. The zero-order valence-corrected chi connectivity index (χ0v) is 20.8. The topological polar surface area (TPSA) is 84.4 Å². The van der Waals surface area contributed by atoms with E-state index in [4.69, 9.17) is 9.47 Å². The molecule has 0 radical (unpaired) electrons. The summed E-state index contributed by atoms with van der Waals surface area (Å²) in [6.07, 6.45) is 2.46. The first-order valence-corrected chi connectivity index (χ1v) is 11.9. The molecule has 1 fully saturated rings. The van der Waals surface area contributed by atoms with E-state index < -0.39 is 6.43 Å². The molecule has 10 heteroatoms. The van der Waals surface area contributed by atoms with Crippen molar-refractivity contribution < 1.29 is 18.3 Å². The summed E-state index contributed by atoms with van der Waals surface area (Å²) in [7, 11) is 5.75. The third kappa shape index (κ3) is 5.45. The van der Waals surface area contributed by atoms with Gasteiger partial charge in [-0.25, -0.2) is 13.8 Å². The van der Waals surface area contributed by atoms with Gasteiger partial charge in [-0.1, -0.05) is 6.07 Å². The second-order valence-corrected chi connectivity index (χ2v) is 9.21. The Hall–Kier alpha value is -3.89. The van der Waals surface area contributed by atoms with Gasteiger partial charge in [-0.15, -0.1) is 0 Å². The molecule has 2 aromatic heterocycles. The molecule has 1 aliphatic rings. The zero-order chi connectivity index (χ0) is 26.0. The van der Waals surface area contributed by atoms with Crippen molar-refractivity contribution in [2.45, 2.75) is 31.1 Å². The number of rotatable bonds is 9. The van der Waals surface area contributed by atoms with Crippen LogP contribution in [0.25, 0.3) is 10.9 Å². The van der Waals surface area contributed by atoms with Gasteiger partial charge in [0.15, 0.2) is 0 Å². The Morgan fingerprint density at radius 1 is 0.973 bits per heavy atom. The van der Waals surface area contributed by atoms with Crippen LogP contribution < -0.4 is 15.4 Å². The second-order valence-electron chi connectivity index (χ2n) is 9.21. The van der Waals surface area contributed by atoms with Gasteiger partial charge in [-0.05, 0) is 62.6 Å². The summed E-state index contributed by atoms with van der Waals surface area (Å²) in [5, 5.41) is 6.96. The van der Waals surface area contributed by atoms with Gasteiger partial charge in [0.1, 0.15) is 23.4 Å². The molecule has 2 N–H and O–H groups in total. The van der Waals surface area contributed by atoms with Crippen LogP contribution in [-0.2, 0) is 4.74 Å². The van der Waals surface area contributed by atoms with Crippen molar-refractivity contribution in [2.24, 2.45) is 0 Å². The maximum absolute atomic E-state index is 13.1. The Bertz CT molecular complexity index is 1380. The number of nitrogens with zero attached hydrogens (tertiary/aromatic N) is 4. The average Bonchev–Trinajstić information content (AvgIpc) is 2.86. The summed E-state index contributed by atoms with van der Waals surface area (Å²) >= 11 is 0. The summed E-state index contributed by atoms with van der Waals surface area (Å²) in [6.45, 7) is 0. The number of benzene rings is 2. The van der Waals surface area contributed by atoms with Crippen LogP contribution in [0.2, 0.25) is 0 Å². The summed E-state index contributed by atoms with van der Waals surface area (Å²) in [5.74, 6) is 1.73. The first kappa shape index (κ1) is 24.8. The van der Waals surface area contributed by atoms with Crippen LogP contribution in [0.5, 0.6) is 5.75 Å². The number of halogens is 2. The van der Waals surface area contributed by atoms with Crippen LogP contribution in [0, 0.1) is 0 Å². The minimum absolute atomic E-state index is 0.0410. The molecule has 1 aliphatic carbocycles. The minimum Gasteiger partial charge on any atom is -0.490 e. The lowest BCUT2D eigenvalue weighted by atomic mass is 9.83. The highest BCUT2D eigenvalue weighted by Gasteiger charge is 2.48. The molecule has 4 aromatic rings. The molecule has 8 nitrogen and oxygen atoms in total. The van der Waals surface area contributed by atoms with E-state index in [-0.39, 0.29) is 17.4 Å². The first-order chi connectivity index (χ1) is 17.8. The maximum atomic E-state index is 13.1. The fraction of sp³-hybridized carbons (Fsp3) is 0.296. The smallest absolute Gasteiger partial charge is 0.263 e. The molecular weight excluding hydrogens is 478 g/mol. The first-order valence-electron chi connectivity index (χ1n) is 11.9. The fourth-order valence-corrected chi connectivity index (χ4v) is 4.38. The molecule has 0 unspecified atom stereocenters. The Morgan fingerprint density at radius 3 is 2.46 bits per heavy atom. The standard InChI is InChI=1S/C27H28F2N6O2/c1-35(2)27(36-3)14-22(15-27)37-21-7-5-19(6-8-21)33-26-30-11-10-24(34-26)32-20-13-18-12-17(25(28)29)4-9-23(18)31-16-20/h4-13,16,22,25H,14-15H2,1-3H3,(H2,30,32,33,34). The number of aromatic nitrogens is 3. The van der Waals surface area contributed by atoms with E-state index in [1.807, 2.05) is 38.4 Å². The number of hydrogen-bond donors (Lipinski definition) is 2. The van der Waals surface area contributed by atoms with Crippen molar-refractivity contribution in [3.05, 3.63) is 72.6 Å². The number of methoxy groups -OCH3 is 1. The molecule has 5 rings (SSSR count). The van der Waals surface area contributed by atoms with Crippen molar-refractivity contribution in [3.8, 4) is 5.75 Å². The molecule has 0 saturated heterocycles. The Morgan fingerprint density at radius 2 is 1.76 bits per heavy atom. The van der Waals surface area contributed by atoms with Gasteiger partial charge >= 0.3 is 0 Å². The summed E-state index contributed by atoms with van der Waals surface area (Å²) in [4.78, 5) is 15.2. The monoisotopic (exact) mass is 506 g/mol. The maximum Gasteiger partial charge on any atom is 0.263 e. The molecule has 2 aromatic carbocycles. The lowest BCUT2D eigenvalue weighted by Gasteiger charge is -2.50. The largest absolute Gasteiger partial charge is 0.490 e. The van der Waals surface area contributed by atoms with Gasteiger partial charge in [0.25, 0.3) is 6.43 Å². The molecule has 37 heavy (non-hydrogen) atoms. The predicted molar refractivity (Wildman–Crippen MR) is 139 cm³/mol. The van der Waals surface area contributed by atoms with Crippen molar-refractivity contribution in [2.75, 3.05) is 31.8 Å². The number of hydrogen-bond acceptors (Lipinski definition) is 8. The van der Waals surface area contributed by atoms with Gasteiger partial charge in [0, 0.05) is 42.8 Å². The van der Waals surface area contributed by atoms with Crippen LogP contribution in [-0.4, -0.2) is 52.9 Å². The summed E-state index contributed by atoms with van der Waals surface area (Å²) in [6, 6.07) is 15.5. The SMILES string of the molecule is COC1(N(C)C)CC(Oc2ccc(Nc3nccc(Nc4cnc5ccc(C(F)F)cc5c4)n3)cc2)C1. The fourth-order valence-electron chi connectivity index (χ4n) is 4.38. The molecule has 2 heterocycles. The summed E-state index contributed by atoms with van der Waals surface area (Å²) < 4.78 is 37.8. The molecule has 0 aliphatic heterocycles. The Kier molecular flexibility index (Phi) is 6.86. The highest BCUT2D eigenvalue weighted by molar-refractivity contribution is 5.83. The van der Waals surface area contributed by atoms with E-state index >= 15 is 0 Å². The van der Waals surface area contributed by atoms with Crippen molar-refractivity contribution in [1.82, 2.24) is 19.9 Å². The Balaban J connectivity index is 1.21. The summed E-state index contributed by atoms with van der Waals surface area (Å²) in [5.41, 5.74) is 1.79. The number of nitrogens with one attached hydrogen (secondary N) is 2. The van der Waals surface area contributed by atoms with Gasteiger partial charge in [-0.2, -0.15) is 4.98 Å². The van der Waals surface area contributed by atoms with Gasteiger partial charge in [-0.3, -0.25) is 9.88 Å². The highest BCUT2D eigenvalue weighted by atomic mass is 19.3. The lowest BCUT2D eigenvalue weighted by Crippen LogP contribution is -2.59. The second kappa shape index (κ2) is 10.2. The number of alkyl halides is 2. The molecule has 0 amide bonds. The third-order valence-electron chi connectivity index (χ3n) is 6.59. The van der Waals surface area contributed by atoms with Crippen molar-refractivity contribution in [1.29, 1.82) is 0 Å². The van der Waals surface area contributed by atoms with Crippen molar-refractivity contribution in [3.63, 3.8) is 0 Å². The van der Waals surface area contributed by atoms with Crippen LogP contribution >= 0.6 is 0 Å². The molecule has 1 saturated carbocycles.